The fraction of sp³-hybridized carbons (Fsp3) is 0.304. The minimum absolute atomic E-state index is 0.127. The molecule has 29 heavy (non-hydrogen) atoms. The van der Waals surface area contributed by atoms with Gasteiger partial charge in [0.1, 0.15) is 11.6 Å². The molecule has 2 aromatic carbocycles. The number of nitrogens with one attached hydrogen (secondary N) is 1. The van der Waals surface area contributed by atoms with Crippen molar-refractivity contribution < 1.29 is 18.4 Å². The largest absolute Gasteiger partial charge is 0.357 e. The maximum absolute atomic E-state index is 14.1. The lowest BCUT2D eigenvalue weighted by Crippen LogP contribution is -2.38. The van der Waals surface area contributed by atoms with Crippen LogP contribution in [0.4, 0.5) is 20.2 Å². The van der Waals surface area contributed by atoms with Gasteiger partial charge in [0, 0.05) is 30.7 Å². The van der Waals surface area contributed by atoms with E-state index in [1.165, 1.54) is 24.0 Å². The molecule has 0 aromatic heterocycles. The molecule has 0 saturated heterocycles. The second-order valence-electron chi connectivity index (χ2n) is 8.47. The van der Waals surface area contributed by atoms with Gasteiger partial charge in [0.2, 0.25) is 5.91 Å². The molecule has 1 aliphatic heterocycles. The molecule has 0 radical (unpaired) electrons. The molecular formula is C23H22F2N2O2. The Bertz CT molecular complexity index is 1040. The molecule has 150 valence electrons. The van der Waals surface area contributed by atoms with E-state index in [0.29, 0.717) is 35.5 Å². The van der Waals surface area contributed by atoms with Crippen molar-refractivity contribution in [2.24, 2.45) is 5.41 Å². The second kappa shape index (κ2) is 6.79. The van der Waals surface area contributed by atoms with Gasteiger partial charge in [0.05, 0.1) is 17.4 Å². The van der Waals surface area contributed by atoms with Gasteiger partial charge in [0.25, 0.3) is 0 Å². The van der Waals surface area contributed by atoms with Crippen molar-refractivity contribution in [3.8, 4) is 0 Å². The van der Waals surface area contributed by atoms with Gasteiger partial charge in [-0.15, -0.1) is 0 Å². The van der Waals surface area contributed by atoms with E-state index in [4.69, 9.17) is 0 Å². The number of carbonyl (C=O) groups is 2. The van der Waals surface area contributed by atoms with E-state index in [2.05, 4.69) is 5.32 Å². The predicted octanol–water partition coefficient (Wildman–Crippen LogP) is 5.13. The van der Waals surface area contributed by atoms with Crippen molar-refractivity contribution in [2.45, 2.75) is 39.7 Å². The van der Waals surface area contributed by atoms with Crippen molar-refractivity contribution in [3.05, 3.63) is 70.9 Å². The van der Waals surface area contributed by atoms with Crippen molar-refractivity contribution in [1.82, 2.24) is 0 Å². The first-order chi connectivity index (χ1) is 13.7. The molecule has 1 heterocycles. The average molecular weight is 396 g/mol. The minimum atomic E-state index is -0.910. The number of rotatable bonds is 1. The Kier molecular flexibility index (Phi) is 4.52. The highest BCUT2D eigenvalue weighted by Gasteiger charge is 2.42. The minimum Gasteiger partial charge on any atom is -0.357 e. The molecular weight excluding hydrogens is 374 g/mol. The fourth-order valence-corrected chi connectivity index (χ4v) is 4.38. The maximum Gasteiger partial charge on any atom is 0.224 e. The zero-order valence-electron chi connectivity index (χ0n) is 16.6. The fourth-order valence-electron chi connectivity index (χ4n) is 4.38. The Balaban J connectivity index is 2.03. The molecule has 0 saturated carbocycles. The highest BCUT2D eigenvalue weighted by molar-refractivity contribution is 6.05. The molecule has 1 amide bonds. The molecule has 2 aliphatic rings. The van der Waals surface area contributed by atoms with Crippen molar-refractivity contribution in [2.75, 3.05) is 10.2 Å². The molecule has 0 bridgehead atoms. The molecule has 1 aliphatic carbocycles. The van der Waals surface area contributed by atoms with E-state index >= 15 is 0 Å². The van der Waals surface area contributed by atoms with E-state index < -0.39 is 17.7 Å². The number of hydrogen-bond donors (Lipinski definition) is 1. The molecule has 6 heteroatoms. The van der Waals surface area contributed by atoms with Gasteiger partial charge >= 0.3 is 0 Å². The molecule has 0 spiro atoms. The number of amides is 1. The van der Waals surface area contributed by atoms with Gasteiger partial charge in [-0.3, -0.25) is 14.5 Å². The number of allylic oxidation sites excluding steroid dienone is 1. The summed E-state index contributed by atoms with van der Waals surface area (Å²) in [6.07, 6.45) is 0.881. The number of benzene rings is 2. The van der Waals surface area contributed by atoms with E-state index in [0.717, 1.165) is 6.07 Å². The first-order valence-corrected chi connectivity index (χ1v) is 9.54. The summed E-state index contributed by atoms with van der Waals surface area (Å²) in [6.45, 7) is 5.40. The molecule has 1 atom stereocenters. The van der Waals surface area contributed by atoms with Crippen LogP contribution in [0.25, 0.3) is 0 Å². The number of hydrogen-bond acceptors (Lipinski definition) is 3. The lowest BCUT2D eigenvalue weighted by atomic mass is 9.73. The number of carbonyl (C=O) groups excluding carboxylic acids is 2. The van der Waals surface area contributed by atoms with Crippen LogP contribution in [0.1, 0.15) is 45.2 Å². The van der Waals surface area contributed by atoms with Crippen LogP contribution in [-0.4, -0.2) is 11.7 Å². The van der Waals surface area contributed by atoms with Crippen LogP contribution in [0.15, 0.2) is 53.7 Å². The van der Waals surface area contributed by atoms with E-state index in [9.17, 15) is 18.4 Å². The molecule has 1 N–H and O–H groups in total. The summed E-state index contributed by atoms with van der Waals surface area (Å²) in [6, 6.07) is 9.47. The topological polar surface area (TPSA) is 49.4 Å². The standard InChI is InChI=1S/C23H22F2N2O2/c1-13(28)27-19-7-5-4-6-17(19)26-18-11-23(2,3)12-20(29)21(18)22(27)14-8-15(24)10-16(25)9-14/h4-10,22,26H,11-12H2,1-3H3/t22-/m0/s1. The van der Waals surface area contributed by atoms with Gasteiger partial charge in [-0.1, -0.05) is 26.0 Å². The Morgan fingerprint density at radius 2 is 1.76 bits per heavy atom. The second-order valence-corrected chi connectivity index (χ2v) is 8.47. The van der Waals surface area contributed by atoms with E-state index in [1.807, 2.05) is 26.0 Å². The number of nitrogens with zero attached hydrogens (tertiary/aromatic N) is 1. The van der Waals surface area contributed by atoms with Crippen molar-refractivity contribution in [1.29, 1.82) is 0 Å². The van der Waals surface area contributed by atoms with Gasteiger partial charge in [0.15, 0.2) is 5.78 Å². The lowest BCUT2D eigenvalue weighted by molar-refractivity contribution is -0.118. The van der Waals surface area contributed by atoms with E-state index in [1.54, 1.807) is 12.1 Å². The van der Waals surface area contributed by atoms with E-state index in [-0.39, 0.29) is 22.7 Å². The third-order valence-electron chi connectivity index (χ3n) is 5.44. The number of fused-ring (bicyclic) bond motifs is 1. The van der Waals surface area contributed by atoms with Gasteiger partial charge in [-0.05, 0) is 41.7 Å². The third kappa shape index (κ3) is 3.43. The number of para-hydroxylation sites is 2. The number of halogens is 2. The average Bonchev–Trinajstić information content (AvgIpc) is 2.73. The highest BCUT2D eigenvalue weighted by atomic mass is 19.1. The molecule has 0 unspecified atom stereocenters. The van der Waals surface area contributed by atoms with Crippen LogP contribution in [0.2, 0.25) is 0 Å². The molecule has 4 nitrogen and oxygen atoms in total. The first-order valence-electron chi connectivity index (χ1n) is 9.54. The Morgan fingerprint density at radius 1 is 1.10 bits per heavy atom. The van der Waals surface area contributed by atoms with Crippen LogP contribution < -0.4 is 10.2 Å². The SMILES string of the molecule is CC(=O)N1c2ccccc2NC2=C(C(=O)CC(C)(C)C2)[C@@H]1c1cc(F)cc(F)c1. The number of anilines is 2. The Hall–Kier alpha value is -3.02. The predicted molar refractivity (Wildman–Crippen MR) is 107 cm³/mol. The van der Waals surface area contributed by atoms with Crippen LogP contribution in [0.5, 0.6) is 0 Å². The summed E-state index contributed by atoms with van der Waals surface area (Å²) in [7, 11) is 0. The zero-order chi connectivity index (χ0) is 20.9. The van der Waals surface area contributed by atoms with Crippen molar-refractivity contribution >= 4 is 23.1 Å². The molecule has 0 fully saturated rings. The summed E-state index contributed by atoms with van der Waals surface area (Å²) < 4.78 is 28.2. The van der Waals surface area contributed by atoms with Gasteiger partial charge in [-0.25, -0.2) is 8.78 Å². The third-order valence-corrected chi connectivity index (χ3v) is 5.44. The zero-order valence-corrected chi connectivity index (χ0v) is 16.6. The monoisotopic (exact) mass is 396 g/mol. The highest BCUT2D eigenvalue weighted by Crippen LogP contribution is 2.48. The van der Waals surface area contributed by atoms with Gasteiger partial charge in [-0.2, -0.15) is 0 Å². The van der Waals surface area contributed by atoms with Gasteiger partial charge < -0.3 is 5.32 Å². The first kappa shape index (κ1) is 19.3. The maximum atomic E-state index is 14.1. The van der Waals surface area contributed by atoms with Crippen LogP contribution in [0.3, 0.4) is 0 Å². The molecule has 2 aromatic rings. The lowest BCUT2D eigenvalue weighted by Gasteiger charge is -2.36. The summed E-state index contributed by atoms with van der Waals surface area (Å²) in [4.78, 5) is 27.5. The number of Topliss-reactive ketones (excluding diaryl/α,β-unsaturated/α-hetero) is 1. The normalized spacial score (nSPS) is 20.5. The Labute approximate surface area is 168 Å². The summed E-state index contributed by atoms with van der Waals surface area (Å²) in [5, 5.41) is 3.34. The summed E-state index contributed by atoms with van der Waals surface area (Å²) >= 11 is 0. The van der Waals surface area contributed by atoms with Crippen LogP contribution in [0, 0.1) is 17.0 Å². The Morgan fingerprint density at radius 3 is 2.41 bits per heavy atom. The quantitative estimate of drug-likeness (QED) is 0.727. The van der Waals surface area contributed by atoms with Crippen LogP contribution >= 0.6 is 0 Å². The summed E-state index contributed by atoms with van der Waals surface area (Å²) in [5.41, 5.74) is 2.30. The van der Waals surface area contributed by atoms with Crippen LogP contribution in [-0.2, 0) is 9.59 Å². The summed E-state index contributed by atoms with van der Waals surface area (Å²) in [5.74, 6) is -1.95. The smallest absolute Gasteiger partial charge is 0.224 e. The number of ketones is 1. The van der Waals surface area contributed by atoms with Crippen molar-refractivity contribution in [3.63, 3.8) is 0 Å². The molecule has 4 rings (SSSR count).